The minimum Gasteiger partial charge on any atom is -0.308 e. The summed E-state index contributed by atoms with van der Waals surface area (Å²) in [6.45, 7) is 0.430. The van der Waals surface area contributed by atoms with Crippen molar-refractivity contribution in [2.45, 2.75) is 13.0 Å². The summed E-state index contributed by atoms with van der Waals surface area (Å²) in [5.74, 6) is 0. The number of hydrogen-bond acceptors (Lipinski definition) is 4. The fourth-order valence-electron chi connectivity index (χ4n) is 1.57. The zero-order valence-electron chi connectivity index (χ0n) is 9.21. The molecule has 0 N–H and O–H groups in total. The lowest BCUT2D eigenvalue weighted by molar-refractivity contribution is -0.386. The average Bonchev–Trinajstić information content (AvgIpc) is 2.82. The van der Waals surface area contributed by atoms with Crippen LogP contribution in [0.1, 0.15) is 4.88 Å². The van der Waals surface area contributed by atoms with Crippen LogP contribution in [0.5, 0.6) is 0 Å². The largest absolute Gasteiger partial charge is 0.335 e. The topological polar surface area (TPSA) is 65.1 Å². The van der Waals surface area contributed by atoms with Crippen molar-refractivity contribution in [3.8, 4) is 0 Å². The summed E-state index contributed by atoms with van der Waals surface area (Å²) in [4.78, 5) is 23.0. The van der Waals surface area contributed by atoms with Gasteiger partial charge in [0, 0.05) is 28.2 Å². The third kappa shape index (κ3) is 2.85. The van der Waals surface area contributed by atoms with Crippen molar-refractivity contribution in [3.05, 3.63) is 59.6 Å². The van der Waals surface area contributed by atoms with E-state index in [1.807, 2.05) is 17.5 Å². The fourth-order valence-corrected chi connectivity index (χ4v) is 2.73. The highest BCUT2D eigenvalue weighted by Crippen LogP contribution is 2.15. The summed E-state index contributed by atoms with van der Waals surface area (Å²) in [6, 6.07) is 5.14. The van der Waals surface area contributed by atoms with Gasteiger partial charge in [0.25, 0.3) is 0 Å². The van der Waals surface area contributed by atoms with Gasteiger partial charge in [0.15, 0.2) is 0 Å². The molecule has 2 aromatic rings. The van der Waals surface area contributed by atoms with Crippen LogP contribution in [0.25, 0.3) is 0 Å². The molecule has 0 atom stereocenters. The van der Waals surface area contributed by atoms with E-state index < -0.39 is 16.2 Å². The molecule has 0 fully saturated rings. The quantitative estimate of drug-likeness (QED) is 0.640. The summed E-state index contributed by atoms with van der Waals surface area (Å²) in [5, 5.41) is 12.7. The Morgan fingerprint density at radius 2 is 2.28 bits per heavy atom. The van der Waals surface area contributed by atoms with E-state index in [0.717, 1.165) is 4.88 Å². The molecule has 0 aliphatic heterocycles. The van der Waals surface area contributed by atoms with Gasteiger partial charge in [0.1, 0.15) is 0 Å². The molecule has 2 heterocycles. The Morgan fingerprint density at radius 1 is 1.50 bits per heavy atom. The van der Waals surface area contributed by atoms with Crippen molar-refractivity contribution >= 4 is 33.0 Å². The smallest absolute Gasteiger partial charge is 0.308 e. The number of rotatable bonds is 4. The van der Waals surface area contributed by atoms with Crippen molar-refractivity contribution < 1.29 is 4.92 Å². The van der Waals surface area contributed by atoms with Crippen molar-refractivity contribution in [1.29, 1.82) is 0 Å². The molecule has 0 spiro atoms. The highest BCUT2D eigenvalue weighted by molar-refractivity contribution is 9.10. The Labute approximate surface area is 115 Å². The SMILES string of the molecule is O=c1c([N+](=O)[O-])cc(Br)cn1CCc1cccs1. The predicted octanol–water partition coefficient (Wildman–Crippen LogP) is 2.82. The van der Waals surface area contributed by atoms with Crippen molar-refractivity contribution in [1.82, 2.24) is 4.57 Å². The molecule has 2 rings (SSSR count). The first-order valence-electron chi connectivity index (χ1n) is 5.14. The molecule has 18 heavy (non-hydrogen) atoms. The second kappa shape index (κ2) is 5.45. The summed E-state index contributed by atoms with van der Waals surface area (Å²) in [6.07, 6.45) is 2.26. The van der Waals surface area contributed by atoms with Crippen LogP contribution >= 0.6 is 27.3 Å². The van der Waals surface area contributed by atoms with Gasteiger partial charge in [-0.2, -0.15) is 0 Å². The summed E-state index contributed by atoms with van der Waals surface area (Å²) in [5.41, 5.74) is -0.977. The molecule has 0 unspecified atom stereocenters. The summed E-state index contributed by atoms with van der Waals surface area (Å²) < 4.78 is 1.89. The third-order valence-electron chi connectivity index (χ3n) is 2.41. The molecular weight excluding hydrogens is 320 g/mol. The number of aromatic nitrogens is 1. The second-order valence-corrected chi connectivity index (χ2v) is 5.58. The lowest BCUT2D eigenvalue weighted by Gasteiger charge is -2.05. The summed E-state index contributed by atoms with van der Waals surface area (Å²) >= 11 is 4.77. The fraction of sp³-hybridized carbons (Fsp3) is 0.182. The monoisotopic (exact) mass is 328 g/mol. The maximum atomic E-state index is 11.8. The van der Waals surface area contributed by atoms with Crippen LogP contribution < -0.4 is 5.56 Å². The van der Waals surface area contributed by atoms with Gasteiger partial charge in [-0.3, -0.25) is 14.9 Å². The molecule has 0 radical (unpaired) electrons. The van der Waals surface area contributed by atoms with Gasteiger partial charge in [-0.15, -0.1) is 11.3 Å². The second-order valence-electron chi connectivity index (χ2n) is 3.63. The maximum absolute atomic E-state index is 11.8. The van der Waals surface area contributed by atoms with Crippen LogP contribution in [0.4, 0.5) is 5.69 Å². The first kappa shape index (κ1) is 13.0. The highest BCUT2D eigenvalue weighted by Gasteiger charge is 2.15. The first-order chi connectivity index (χ1) is 8.58. The van der Waals surface area contributed by atoms with Crippen LogP contribution in [0.2, 0.25) is 0 Å². The maximum Gasteiger partial charge on any atom is 0.335 e. The minimum absolute atomic E-state index is 0.407. The lowest BCUT2D eigenvalue weighted by atomic mass is 10.3. The van der Waals surface area contributed by atoms with E-state index in [1.165, 1.54) is 10.6 Å². The molecule has 0 saturated carbocycles. The zero-order valence-corrected chi connectivity index (χ0v) is 11.6. The highest BCUT2D eigenvalue weighted by atomic mass is 79.9. The Kier molecular flexibility index (Phi) is 3.93. The molecule has 94 valence electrons. The van der Waals surface area contributed by atoms with E-state index in [2.05, 4.69) is 15.9 Å². The molecule has 0 aliphatic carbocycles. The van der Waals surface area contributed by atoms with E-state index in [-0.39, 0.29) is 0 Å². The van der Waals surface area contributed by atoms with Gasteiger partial charge < -0.3 is 4.57 Å². The first-order valence-corrected chi connectivity index (χ1v) is 6.82. The lowest BCUT2D eigenvalue weighted by Crippen LogP contribution is -2.22. The number of halogens is 1. The number of aryl methyl sites for hydroxylation is 2. The molecule has 2 aromatic heterocycles. The number of hydrogen-bond donors (Lipinski definition) is 0. The number of nitrogens with zero attached hydrogens (tertiary/aromatic N) is 2. The van der Waals surface area contributed by atoms with E-state index in [0.29, 0.717) is 17.4 Å². The third-order valence-corrected chi connectivity index (χ3v) is 3.78. The van der Waals surface area contributed by atoms with Crippen molar-refractivity contribution in [3.63, 3.8) is 0 Å². The summed E-state index contributed by atoms with van der Waals surface area (Å²) in [7, 11) is 0. The van der Waals surface area contributed by atoms with Crippen LogP contribution in [0.3, 0.4) is 0 Å². The molecule has 0 aliphatic rings. The minimum atomic E-state index is -0.658. The van der Waals surface area contributed by atoms with Gasteiger partial charge in [0.2, 0.25) is 0 Å². The van der Waals surface area contributed by atoms with Gasteiger partial charge in [-0.05, 0) is 33.8 Å². The van der Waals surface area contributed by atoms with Crippen LogP contribution in [0, 0.1) is 10.1 Å². The number of pyridine rings is 1. The van der Waals surface area contributed by atoms with Crippen molar-refractivity contribution in [2.24, 2.45) is 0 Å². The van der Waals surface area contributed by atoms with Gasteiger partial charge in [0.05, 0.1) is 4.92 Å². The van der Waals surface area contributed by atoms with Crippen LogP contribution in [-0.2, 0) is 13.0 Å². The molecule has 7 heteroatoms. The molecule has 5 nitrogen and oxygen atoms in total. The van der Waals surface area contributed by atoms with Gasteiger partial charge in [-0.1, -0.05) is 6.07 Å². The van der Waals surface area contributed by atoms with E-state index in [9.17, 15) is 14.9 Å². The molecule has 0 amide bonds. The molecule has 0 aromatic carbocycles. The normalized spacial score (nSPS) is 10.5. The van der Waals surface area contributed by atoms with E-state index in [1.54, 1.807) is 17.5 Å². The predicted molar refractivity (Wildman–Crippen MR) is 73.1 cm³/mol. The van der Waals surface area contributed by atoms with Gasteiger partial charge in [-0.25, -0.2) is 0 Å². The molecule has 0 saturated heterocycles. The van der Waals surface area contributed by atoms with Crippen LogP contribution in [-0.4, -0.2) is 9.49 Å². The number of nitro groups is 1. The Hall–Kier alpha value is -1.47. The van der Waals surface area contributed by atoms with E-state index >= 15 is 0 Å². The Bertz CT molecular complexity index is 622. The molecular formula is C11H9BrN2O3S. The standard InChI is InChI=1S/C11H9BrN2O3S/c12-8-6-10(14(16)17)11(15)13(7-8)4-3-9-2-1-5-18-9/h1-2,5-7H,3-4H2. The Balaban J connectivity index is 2.27. The Morgan fingerprint density at radius 3 is 2.89 bits per heavy atom. The van der Waals surface area contributed by atoms with Crippen LogP contribution in [0.15, 0.2) is 39.0 Å². The van der Waals surface area contributed by atoms with E-state index in [4.69, 9.17) is 0 Å². The zero-order chi connectivity index (χ0) is 13.1. The average molecular weight is 329 g/mol. The van der Waals surface area contributed by atoms with Gasteiger partial charge >= 0.3 is 11.2 Å². The molecule has 0 bridgehead atoms. The number of thiophene rings is 1. The van der Waals surface area contributed by atoms with Crippen molar-refractivity contribution in [2.75, 3.05) is 0 Å².